The standard InChI is InChI=1S/C19H16N2O7/c20-13-6-4-11(5-7-13)17(24)27-14-3-1-2-12(8-14)15-9-19(18(25)26,28-21-15)10-16(22)23/h1-8H,9-10,20H2,(H,22,23)(H,25,26)/t19-/m1/s1. The molecule has 0 spiro atoms. The summed E-state index contributed by atoms with van der Waals surface area (Å²) < 4.78 is 5.32. The van der Waals surface area contributed by atoms with Crippen molar-refractivity contribution in [2.75, 3.05) is 5.73 Å². The zero-order valence-electron chi connectivity index (χ0n) is 14.5. The van der Waals surface area contributed by atoms with Crippen LogP contribution in [-0.4, -0.2) is 39.4 Å². The summed E-state index contributed by atoms with van der Waals surface area (Å²) >= 11 is 0. The Morgan fingerprint density at radius 1 is 1.14 bits per heavy atom. The highest BCUT2D eigenvalue weighted by Gasteiger charge is 2.49. The van der Waals surface area contributed by atoms with Crippen LogP contribution in [-0.2, 0) is 14.4 Å². The van der Waals surface area contributed by atoms with Gasteiger partial charge in [-0.25, -0.2) is 9.59 Å². The van der Waals surface area contributed by atoms with Gasteiger partial charge in [-0.3, -0.25) is 4.79 Å². The maximum Gasteiger partial charge on any atom is 0.351 e. The van der Waals surface area contributed by atoms with E-state index < -0.39 is 29.9 Å². The molecule has 2 aromatic carbocycles. The van der Waals surface area contributed by atoms with Gasteiger partial charge in [0.1, 0.15) is 5.75 Å². The van der Waals surface area contributed by atoms with Crippen molar-refractivity contribution in [3.05, 3.63) is 59.7 Å². The van der Waals surface area contributed by atoms with Crippen molar-refractivity contribution < 1.29 is 34.2 Å². The molecule has 0 saturated heterocycles. The minimum atomic E-state index is -1.96. The molecule has 1 heterocycles. The molecule has 144 valence electrons. The number of oxime groups is 1. The number of carboxylic acids is 2. The molecule has 0 fully saturated rings. The van der Waals surface area contributed by atoms with Crippen molar-refractivity contribution in [3.63, 3.8) is 0 Å². The first-order valence-corrected chi connectivity index (χ1v) is 8.17. The van der Waals surface area contributed by atoms with E-state index in [0.717, 1.165) is 0 Å². The molecule has 1 aliphatic heterocycles. The summed E-state index contributed by atoms with van der Waals surface area (Å²) in [6, 6.07) is 12.5. The number of carbonyl (C=O) groups excluding carboxylic acids is 1. The number of carboxylic acid groups (broad SMARTS) is 2. The topological polar surface area (TPSA) is 149 Å². The average molecular weight is 384 g/mol. The number of anilines is 1. The second-order valence-electron chi connectivity index (χ2n) is 6.22. The molecular formula is C19H16N2O7. The van der Waals surface area contributed by atoms with E-state index in [1.807, 2.05) is 0 Å². The summed E-state index contributed by atoms with van der Waals surface area (Å²) in [6.07, 6.45) is -0.967. The largest absolute Gasteiger partial charge is 0.481 e. The van der Waals surface area contributed by atoms with Gasteiger partial charge in [-0.05, 0) is 36.4 Å². The van der Waals surface area contributed by atoms with E-state index in [1.54, 1.807) is 30.3 Å². The fourth-order valence-corrected chi connectivity index (χ4v) is 2.69. The third-order valence-electron chi connectivity index (χ3n) is 4.13. The quantitative estimate of drug-likeness (QED) is 0.388. The van der Waals surface area contributed by atoms with Crippen molar-refractivity contribution in [2.24, 2.45) is 5.16 Å². The smallest absolute Gasteiger partial charge is 0.351 e. The molecule has 1 atom stereocenters. The number of nitrogens with two attached hydrogens (primary N) is 1. The number of carbonyl (C=O) groups is 3. The van der Waals surface area contributed by atoms with Crippen LogP contribution in [0.5, 0.6) is 5.75 Å². The van der Waals surface area contributed by atoms with Crippen molar-refractivity contribution in [2.45, 2.75) is 18.4 Å². The average Bonchev–Trinajstić information content (AvgIpc) is 3.07. The van der Waals surface area contributed by atoms with Crippen LogP contribution in [0.25, 0.3) is 0 Å². The minimum absolute atomic E-state index is 0.216. The summed E-state index contributed by atoms with van der Waals surface area (Å²) in [7, 11) is 0. The van der Waals surface area contributed by atoms with Gasteiger partial charge >= 0.3 is 17.9 Å². The molecule has 0 aliphatic carbocycles. The molecule has 3 rings (SSSR count). The normalized spacial score (nSPS) is 18.1. The van der Waals surface area contributed by atoms with Crippen LogP contribution in [0, 0.1) is 0 Å². The van der Waals surface area contributed by atoms with Crippen LogP contribution in [0.3, 0.4) is 0 Å². The maximum atomic E-state index is 12.2. The van der Waals surface area contributed by atoms with Gasteiger partial charge < -0.3 is 25.5 Å². The molecule has 9 nitrogen and oxygen atoms in total. The van der Waals surface area contributed by atoms with E-state index in [2.05, 4.69) is 5.16 Å². The second-order valence-corrected chi connectivity index (χ2v) is 6.22. The number of hydrogen-bond donors (Lipinski definition) is 3. The maximum absolute atomic E-state index is 12.2. The monoisotopic (exact) mass is 384 g/mol. The number of nitrogen functional groups attached to an aromatic ring is 1. The number of esters is 1. The highest BCUT2D eigenvalue weighted by molar-refractivity contribution is 6.05. The minimum Gasteiger partial charge on any atom is -0.481 e. The number of rotatable bonds is 6. The fourth-order valence-electron chi connectivity index (χ4n) is 2.69. The van der Waals surface area contributed by atoms with Crippen molar-refractivity contribution in [1.29, 1.82) is 0 Å². The molecule has 0 saturated carbocycles. The Labute approximate surface area is 159 Å². The van der Waals surface area contributed by atoms with Crippen LogP contribution < -0.4 is 10.5 Å². The SMILES string of the molecule is Nc1ccc(C(=O)Oc2cccc(C3=NO[C@](CC(=O)O)(C(=O)O)C3)c2)cc1. The first-order chi connectivity index (χ1) is 13.3. The fraction of sp³-hybridized carbons (Fsp3) is 0.158. The lowest BCUT2D eigenvalue weighted by atomic mass is 9.91. The number of benzene rings is 2. The summed E-state index contributed by atoms with van der Waals surface area (Å²) in [5.74, 6) is -3.11. The Morgan fingerprint density at radius 3 is 2.50 bits per heavy atom. The molecule has 1 aliphatic rings. The van der Waals surface area contributed by atoms with Gasteiger partial charge in [0.25, 0.3) is 0 Å². The number of hydrogen-bond acceptors (Lipinski definition) is 7. The lowest BCUT2D eigenvalue weighted by Crippen LogP contribution is -2.41. The lowest BCUT2D eigenvalue weighted by Gasteiger charge is -2.18. The summed E-state index contributed by atoms with van der Waals surface area (Å²) in [5, 5.41) is 22.1. The molecule has 0 radical (unpaired) electrons. The Hall–Kier alpha value is -3.88. The summed E-state index contributed by atoms with van der Waals surface area (Å²) in [6.45, 7) is 0. The number of nitrogens with zero attached hydrogens (tertiary/aromatic N) is 1. The van der Waals surface area contributed by atoms with Gasteiger partial charge in [-0.1, -0.05) is 17.3 Å². The van der Waals surface area contributed by atoms with E-state index in [0.29, 0.717) is 16.8 Å². The zero-order valence-corrected chi connectivity index (χ0v) is 14.5. The molecule has 0 aromatic heterocycles. The Morgan fingerprint density at radius 2 is 1.86 bits per heavy atom. The van der Waals surface area contributed by atoms with Gasteiger partial charge in [0.2, 0.25) is 5.60 Å². The number of ether oxygens (including phenoxy) is 1. The van der Waals surface area contributed by atoms with Crippen molar-refractivity contribution in [1.82, 2.24) is 0 Å². The summed E-state index contributed by atoms with van der Waals surface area (Å²) in [4.78, 5) is 39.6. The predicted molar refractivity (Wildman–Crippen MR) is 97.1 cm³/mol. The van der Waals surface area contributed by atoms with Crippen LogP contribution in [0.4, 0.5) is 5.69 Å². The van der Waals surface area contributed by atoms with E-state index in [1.165, 1.54) is 18.2 Å². The molecule has 4 N–H and O–H groups in total. The van der Waals surface area contributed by atoms with E-state index >= 15 is 0 Å². The van der Waals surface area contributed by atoms with Crippen molar-refractivity contribution >= 4 is 29.3 Å². The predicted octanol–water partition coefficient (Wildman–Crippen LogP) is 1.91. The van der Waals surface area contributed by atoms with Crippen LogP contribution >= 0.6 is 0 Å². The third-order valence-corrected chi connectivity index (χ3v) is 4.13. The Kier molecular flexibility index (Phi) is 4.99. The lowest BCUT2D eigenvalue weighted by molar-refractivity contribution is -0.169. The highest BCUT2D eigenvalue weighted by atomic mass is 16.7. The Balaban J connectivity index is 1.76. The van der Waals surface area contributed by atoms with Crippen LogP contribution in [0.2, 0.25) is 0 Å². The molecule has 0 amide bonds. The van der Waals surface area contributed by atoms with E-state index in [9.17, 15) is 19.5 Å². The van der Waals surface area contributed by atoms with Crippen LogP contribution in [0.15, 0.2) is 53.7 Å². The zero-order chi connectivity index (χ0) is 20.3. The first-order valence-electron chi connectivity index (χ1n) is 8.17. The van der Waals surface area contributed by atoms with E-state index in [-0.39, 0.29) is 17.9 Å². The summed E-state index contributed by atoms with van der Waals surface area (Å²) in [5.41, 5.74) is 5.15. The number of aliphatic carboxylic acids is 2. The second kappa shape index (κ2) is 7.39. The molecule has 9 heteroatoms. The molecule has 2 aromatic rings. The third kappa shape index (κ3) is 3.93. The van der Waals surface area contributed by atoms with Gasteiger partial charge in [0.15, 0.2) is 0 Å². The van der Waals surface area contributed by atoms with Gasteiger partial charge in [-0.15, -0.1) is 0 Å². The molecule has 0 unspecified atom stereocenters. The first kappa shape index (κ1) is 18.9. The molecular weight excluding hydrogens is 368 g/mol. The Bertz CT molecular complexity index is 969. The van der Waals surface area contributed by atoms with Crippen LogP contribution in [0.1, 0.15) is 28.8 Å². The molecule has 0 bridgehead atoms. The van der Waals surface area contributed by atoms with Gasteiger partial charge in [0.05, 0.1) is 17.7 Å². The highest BCUT2D eigenvalue weighted by Crippen LogP contribution is 2.31. The molecule has 28 heavy (non-hydrogen) atoms. The van der Waals surface area contributed by atoms with Crippen molar-refractivity contribution in [3.8, 4) is 5.75 Å². The van der Waals surface area contributed by atoms with Gasteiger partial charge in [0, 0.05) is 17.7 Å². The van der Waals surface area contributed by atoms with Gasteiger partial charge in [-0.2, -0.15) is 0 Å². The van der Waals surface area contributed by atoms with E-state index in [4.69, 9.17) is 20.4 Å².